The molecule has 2 aromatic heterocycles. The molecule has 2 heterocycles. The molecule has 8 nitrogen and oxygen atoms in total. The number of hydrogen-bond acceptors (Lipinski definition) is 6. The Hall–Kier alpha value is -3.55. The van der Waals surface area contributed by atoms with Crippen molar-refractivity contribution in [3.05, 3.63) is 60.3 Å². The van der Waals surface area contributed by atoms with Crippen LogP contribution in [0.1, 0.15) is 11.3 Å². The first-order valence-corrected chi connectivity index (χ1v) is 6.94. The van der Waals surface area contributed by atoms with Gasteiger partial charge in [-0.15, -0.1) is 0 Å². The summed E-state index contributed by atoms with van der Waals surface area (Å²) < 4.78 is 1.77. The lowest BCUT2D eigenvalue weighted by Gasteiger charge is -2.04. The van der Waals surface area contributed by atoms with Crippen LogP contribution in [0.15, 0.2) is 49.1 Å². The highest BCUT2D eigenvalue weighted by molar-refractivity contribution is 6.38. The summed E-state index contributed by atoms with van der Waals surface area (Å²) in [4.78, 5) is 34.0. The van der Waals surface area contributed by atoms with Crippen LogP contribution >= 0.6 is 0 Å². The Labute approximate surface area is 135 Å². The summed E-state index contributed by atoms with van der Waals surface area (Å²) in [6, 6.07) is 9.66. The maximum atomic E-state index is 11.2. The number of carbonyl (C=O) groups is 2. The number of aliphatic hydroxyl groups is 1. The van der Waals surface area contributed by atoms with Gasteiger partial charge in [0.15, 0.2) is 5.65 Å². The van der Waals surface area contributed by atoms with Crippen molar-refractivity contribution in [2.75, 3.05) is 0 Å². The van der Waals surface area contributed by atoms with Crippen LogP contribution in [-0.4, -0.2) is 41.5 Å². The molecule has 24 heavy (non-hydrogen) atoms. The van der Waals surface area contributed by atoms with E-state index in [0.717, 1.165) is 5.56 Å². The molecule has 0 saturated carbocycles. The fourth-order valence-electron chi connectivity index (χ4n) is 2.22. The topological polar surface area (TPSA) is 118 Å². The minimum Gasteiger partial charge on any atom is -0.505 e. The third-order valence-corrected chi connectivity index (χ3v) is 3.32. The molecule has 0 aliphatic carbocycles. The molecule has 0 radical (unpaired) electrons. The lowest BCUT2D eigenvalue weighted by Crippen LogP contribution is -2.10. The van der Waals surface area contributed by atoms with Crippen molar-refractivity contribution < 1.29 is 19.8 Å². The molecule has 0 aliphatic heterocycles. The van der Waals surface area contributed by atoms with Gasteiger partial charge in [0.1, 0.15) is 23.3 Å². The van der Waals surface area contributed by atoms with Crippen molar-refractivity contribution >= 4 is 28.7 Å². The van der Waals surface area contributed by atoms with Gasteiger partial charge in [-0.25, -0.2) is 19.7 Å². The van der Waals surface area contributed by atoms with E-state index in [1.807, 2.05) is 30.3 Å². The van der Waals surface area contributed by atoms with Crippen molar-refractivity contribution in [1.82, 2.24) is 19.5 Å². The van der Waals surface area contributed by atoms with Gasteiger partial charge in [0.05, 0.1) is 12.9 Å². The number of carbonyl (C=O) groups excluding carboxylic acids is 1. The molecule has 0 spiro atoms. The van der Waals surface area contributed by atoms with E-state index in [1.165, 1.54) is 6.33 Å². The zero-order valence-corrected chi connectivity index (χ0v) is 12.3. The second-order valence-electron chi connectivity index (χ2n) is 4.95. The van der Waals surface area contributed by atoms with E-state index in [2.05, 4.69) is 15.0 Å². The number of aromatic nitrogens is 4. The van der Waals surface area contributed by atoms with Crippen molar-refractivity contribution in [2.24, 2.45) is 0 Å². The average molecular weight is 324 g/mol. The maximum Gasteiger partial charge on any atom is 0.376 e. The Bertz CT molecular complexity index is 947. The zero-order chi connectivity index (χ0) is 17.1. The van der Waals surface area contributed by atoms with E-state index < -0.39 is 17.5 Å². The zero-order valence-electron chi connectivity index (χ0n) is 12.3. The standard InChI is InChI=1S/C16H12N4O4/c21-11(6-12(22)16(23)24)13-14-15(18-8-17-13)20(9-19-14)7-10-4-2-1-3-5-10/h1-6,8-9,21H,7H2,(H,23,24)/b11-6-. The quantitative estimate of drug-likeness (QED) is 0.414. The average Bonchev–Trinajstić information content (AvgIpc) is 2.98. The number of benzene rings is 1. The van der Waals surface area contributed by atoms with Crippen molar-refractivity contribution in [3.8, 4) is 0 Å². The number of aliphatic hydroxyl groups excluding tert-OH is 1. The third-order valence-electron chi connectivity index (χ3n) is 3.32. The molecule has 0 unspecified atom stereocenters. The molecule has 8 heteroatoms. The van der Waals surface area contributed by atoms with Gasteiger partial charge in [-0.3, -0.25) is 4.79 Å². The predicted molar refractivity (Wildman–Crippen MR) is 84.1 cm³/mol. The largest absolute Gasteiger partial charge is 0.505 e. The molecular weight excluding hydrogens is 312 g/mol. The number of fused-ring (bicyclic) bond motifs is 1. The van der Waals surface area contributed by atoms with E-state index in [9.17, 15) is 14.7 Å². The Morgan fingerprint density at radius 1 is 1.08 bits per heavy atom. The highest BCUT2D eigenvalue weighted by Gasteiger charge is 2.16. The van der Waals surface area contributed by atoms with Crippen LogP contribution in [0.2, 0.25) is 0 Å². The van der Waals surface area contributed by atoms with Crippen molar-refractivity contribution in [2.45, 2.75) is 6.54 Å². The van der Waals surface area contributed by atoms with Crippen LogP contribution in [0, 0.1) is 0 Å². The van der Waals surface area contributed by atoms with Crippen LogP contribution < -0.4 is 0 Å². The van der Waals surface area contributed by atoms with Crippen LogP contribution in [0.5, 0.6) is 0 Å². The summed E-state index contributed by atoms with van der Waals surface area (Å²) in [6.07, 6.45) is 3.36. The first-order valence-electron chi connectivity index (χ1n) is 6.94. The van der Waals surface area contributed by atoms with Gasteiger partial charge < -0.3 is 14.8 Å². The monoisotopic (exact) mass is 324 g/mol. The summed E-state index contributed by atoms with van der Waals surface area (Å²) >= 11 is 0. The Kier molecular flexibility index (Phi) is 4.02. The molecule has 2 N–H and O–H groups in total. The third kappa shape index (κ3) is 2.98. The van der Waals surface area contributed by atoms with Gasteiger partial charge in [0.2, 0.25) is 0 Å². The number of aliphatic carboxylic acids is 1. The second-order valence-corrected chi connectivity index (χ2v) is 4.95. The summed E-state index contributed by atoms with van der Waals surface area (Å²) in [7, 11) is 0. The molecule has 0 fully saturated rings. The molecule has 120 valence electrons. The highest BCUT2D eigenvalue weighted by atomic mass is 16.4. The van der Waals surface area contributed by atoms with Gasteiger partial charge in [-0.2, -0.15) is 0 Å². The Balaban J connectivity index is 2.01. The van der Waals surface area contributed by atoms with E-state index >= 15 is 0 Å². The first-order chi connectivity index (χ1) is 11.6. The summed E-state index contributed by atoms with van der Waals surface area (Å²) in [5.41, 5.74) is 1.78. The maximum absolute atomic E-state index is 11.2. The second kappa shape index (κ2) is 6.29. The van der Waals surface area contributed by atoms with Crippen molar-refractivity contribution in [3.63, 3.8) is 0 Å². The number of rotatable bonds is 5. The number of ketones is 1. The Morgan fingerprint density at radius 3 is 2.54 bits per heavy atom. The van der Waals surface area contributed by atoms with Gasteiger partial charge in [-0.05, 0) is 5.56 Å². The molecule has 0 atom stereocenters. The molecule has 1 aromatic carbocycles. The summed E-state index contributed by atoms with van der Waals surface area (Å²) in [5.74, 6) is -3.48. The summed E-state index contributed by atoms with van der Waals surface area (Å²) in [5, 5.41) is 18.6. The molecule has 0 saturated heterocycles. The fraction of sp³-hybridized carbons (Fsp3) is 0.0625. The van der Waals surface area contributed by atoms with Crippen LogP contribution in [0.25, 0.3) is 16.9 Å². The van der Waals surface area contributed by atoms with Crippen LogP contribution in [-0.2, 0) is 16.1 Å². The lowest BCUT2D eigenvalue weighted by atomic mass is 10.2. The van der Waals surface area contributed by atoms with Gasteiger partial charge >= 0.3 is 5.97 Å². The molecule has 3 rings (SSSR count). The smallest absolute Gasteiger partial charge is 0.376 e. The van der Waals surface area contributed by atoms with E-state index in [0.29, 0.717) is 18.3 Å². The Morgan fingerprint density at radius 2 is 1.83 bits per heavy atom. The number of carboxylic acid groups (broad SMARTS) is 1. The van der Waals surface area contributed by atoms with Gasteiger partial charge in [0, 0.05) is 6.08 Å². The first kappa shape index (κ1) is 15.3. The highest BCUT2D eigenvalue weighted by Crippen LogP contribution is 2.19. The minimum absolute atomic E-state index is 0.00131. The van der Waals surface area contributed by atoms with E-state index in [4.69, 9.17) is 5.11 Å². The molecule has 3 aromatic rings. The molecule has 0 amide bonds. The van der Waals surface area contributed by atoms with Crippen LogP contribution in [0.4, 0.5) is 0 Å². The van der Waals surface area contributed by atoms with E-state index in [-0.39, 0.29) is 11.2 Å². The molecule has 0 bridgehead atoms. The molecular formula is C16H12N4O4. The lowest BCUT2D eigenvalue weighted by molar-refractivity contribution is -0.146. The van der Waals surface area contributed by atoms with Gasteiger partial charge in [0.25, 0.3) is 5.78 Å². The molecule has 0 aliphatic rings. The van der Waals surface area contributed by atoms with Crippen LogP contribution in [0.3, 0.4) is 0 Å². The fourth-order valence-corrected chi connectivity index (χ4v) is 2.22. The number of hydrogen-bond donors (Lipinski definition) is 2. The van der Waals surface area contributed by atoms with Gasteiger partial charge in [-0.1, -0.05) is 30.3 Å². The number of imidazole rings is 1. The minimum atomic E-state index is -1.67. The SMILES string of the molecule is O=C(O)C(=O)/C=C(\O)c1ncnc2c1ncn2Cc1ccccc1. The van der Waals surface area contributed by atoms with E-state index in [1.54, 1.807) is 10.9 Å². The van der Waals surface area contributed by atoms with Crippen molar-refractivity contribution in [1.29, 1.82) is 0 Å². The number of carboxylic acids is 1. The summed E-state index contributed by atoms with van der Waals surface area (Å²) in [6.45, 7) is 0.520. The normalized spacial score (nSPS) is 11.6. The number of nitrogens with zero attached hydrogens (tertiary/aromatic N) is 4. The predicted octanol–water partition coefficient (Wildman–Crippen LogP) is 1.43.